The van der Waals surface area contributed by atoms with Crippen molar-refractivity contribution in [2.75, 3.05) is 18.0 Å². The molecule has 2 aromatic rings. The highest BCUT2D eigenvalue weighted by atomic mass is 35.5. The maximum atomic E-state index is 12.0. The van der Waals surface area contributed by atoms with E-state index in [4.69, 9.17) is 16.9 Å². The minimum atomic E-state index is -0.151. The molecule has 2 aromatic carbocycles. The monoisotopic (exact) mass is 355 g/mol. The molecule has 0 saturated carbocycles. The van der Waals surface area contributed by atoms with Crippen molar-refractivity contribution in [3.05, 3.63) is 64.7 Å². The van der Waals surface area contributed by atoms with Crippen molar-refractivity contribution in [1.82, 2.24) is 5.32 Å². The number of hydrogen-bond donors (Lipinski definition) is 1. The summed E-state index contributed by atoms with van der Waals surface area (Å²) in [4.78, 5) is 25.4. The van der Waals surface area contributed by atoms with Crippen molar-refractivity contribution in [3.8, 4) is 6.07 Å². The van der Waals surface area contributed by atoms with Crippen LogP contribution in [0.4, 0.5) is 5.69 Å². The number of carbonyl (C=O) groups is 2. The van der Waals surface area contributed by atoms with Gasteiger partial charge in [0.2, 0.25) is 11.8 Å². The van der Waals surface area contributed by atoms with Crippen LogP contribution in [0.15, 0.2) is 48.5 Å². The molecule has 0 aliphatic heterocycles. The first-order valence-electron chi connectivity index (χ1n) is 7.79. The Morgan fingerprint density at radius 1 is 1.20 bits per heavy atom. The van der Waals surface area contributed by atoms with E-state index in [1.807, 2.05) is 6.07 Å². The second-order valence-corrected chi connectivity index (χ2v) is 5.92. The number of carbonyl (C=O) groups excluding carboxylic acids is 2. The molecule has 0 saturated heterocycles. The van der Waals surface area contributed by atoms with Gasteiger partial charge in [0, 0.05) is 30.7 Å². The fourth-order valence-electron chi connectivity index (χ4n) is 2.37. The molecule has 25 heavy (non-hydrogen) atoms. The van der Waals surface area contributed by atoms with E-state index in [1.165, 1.54) is 11.8 Å². The third-order valence-corrected chi connectivity index (χ3v) is 3.85. The number of anilines is 1. The van der Waals surface area contributed by atoms with Gasteiger partial charge in [-0.25, -0.2) is 0 Å². The molecule has 0 aromatic heterocycles. The zero-order valence-electron chi connectivity index (χ0n) is 13.8. The lowest BCUT2D eigenvalue weighted by Crippen LogP contribution is -2.38. The summed E-state index contributed by atoms with van der Waals surface area (Å²) in [6, 6.07) is 15.9. The number of hydrogen-bond acceptors (Lipinski definition) is 3. The van der Waals surface area contributed by atoms with Crippen LogP contribution in [0.2, 0.25) is 5.02 Å². The van der Waals surface area contributed by atoms with Gasteiger partial charge in [0.1, 0.15) is 0 Å². The molecule has 2 rings (SSSR count). The first-order chi connectivity index (χ1) is 12.0. The van der Waals surface area contributed by atoms with Crippen molar-refractivity contribution < 1.29 is 9.59 Å². The number of rotatable bonds is 6. The Balaban J connectivity index is 1.91. The summed E-state index contributed by atoms with van der Waals surface area (Å²) in [6.07, 6.45) is 0.251. The molecule has 128 valence electrons. The average molecular weight is 356 g/mol. The number of halogens is 1. The summed E-state index contributed by atoms with van der Waals surface area (Å²) < 4.78 is 0. The lowest BCUT2D eigenvalue weighted by Gasteiger charge is -2.21. The standard InChI is InChI=1S/C19H18ClN3O2/c1-14(24)23(18-4-2-3-16(11-18)13-21)10-9-22-19(25)12-15-5-7-17(20)8-6-15/h2-8,11H,9-10,12H2,1H3,(H,22,25). The summed E-state index contributed by atoms with van der Waals surface area (Å²) in [7, 11) is 0. The zero-order valence-corrected chi connectivity index (χ0v) is 14.6. The fourth-order valence-corrected chi connectivity index (χ4v) is 2.49. The Kier molecular flexibility index (Phi) is 6.55. The van der Waals surface area contributed by atoms with Crippen LogP contribution in [0.1, 0.15) is 18.1 Å². The van der Waals surface area contributed by atoms with Crippen molar-refractivity contribution in [1.29, 1.82) is 5.26 Å². The first kappa shape index (κ1) is 18.5. The SMILES string of the molecule is CC(=O)N(CCNC(=O)Cc1ccc(Cl)cc1)c1cccc(C#N)c1. The second-order valence-electron chi connectivity index (χ2n) is 5.49. The van der Waals surface area contributed by atoms with Gasteiger partial charge < -0.3 is 10.2 Å². The summed E-state index contributed by atoms with van der Waals surface area (Å²) in [5.74, 6) is -0.279. The van der Waals surface area contributed by atoms with Gasteiger partial charge in [0.25, 0.3) is 0 Å². The molecule has 5 nitrogen and oxygen atoms in total. The van der Waals surface area contributed by atoms with Crippen LogP contribution in [0, 0.1) is 11.3 Å². The molecule has 0 spiro atoms. The Labute approximate surface area is 151 Å². The molecule has 0 unspecified atom stereocenters. The first-order valence-corrected chi connectivity index (χ1v) is 8.17. The average Bonchev–Trinajstić information content (AvgIpc) is 2.60. The molecule has 0 aliphatic carbocycles. The van der Waals surface area contributed by atoms with Gasteiger partial charge in [-0.05, 0) is 35.9 Å². The zero-order chi connectivity index (χ0) is 18.2. The number of nitrogens with one attached hydrogen (secondary N) is 1. The molecule has 0 aliphatic rings. The quantitative estimate of drug-likeness (QED) is 0.865. The maximum absolute atomic E-state index is 12.0. The van der Waals surface area contributed by atoms with E-state index in [9.17, 15) is 9.59 Å². The van der Waals surface area contributed by atoms with Crippen LogP contribution in [0.5, 0.6) is 0 Å². The molecular weight excluding hydrogens is 338 g/mol. The number of amides is 2. The van der Waals surface area contributed by atoms with Gasteiger partial charge in [-0.15, -0.1) is 0 Å². The fraction of sp³-hybridized carbons (Fsp3) is 0.211. The van der Waals surface area contributed by atoms with Crippen molar-refractivity contribution in [2.45, 2.75) is 13.3 Å². The number of benzene rings is 2. The summed E-state index contributed by atoms with van der Waals surface area (Å²) in [6.45, 7) is 2.11. The van der Waals surface area contributed by atoms with Crippen LogP contribution in [-0.2, 0) is 16.0 Å². The molecule has 6 heteroatoms. The van der Waals surface area contributed by atoms with Crippen LogP contribution >= 0.6 is 11.6 Å². The summed E-state index contributed by atoms with van der Waals surface area (Å²) in [5.41, 5.74) is 1.99. The molecule has 0 fully saturated rings. The summed E-state index contributed by atoms with van der Waals surface area (Å²) >= 11 is 5.82. The molecule has 0 bridgehead atoms. The Bertz CT molecular complexity index is 797. The van der Waals surface area contributed by atoms with Gasteiger partial charge in [0.15, 0.2) is 0 Å². The normalized spacial score (nSPS) is 9.96. The minimum absolute atomic E-state index is 0.128. The predicted molar refractivity (Wildman–Crippen MR) is 97.3 cm³/mol. The smallest absolute Gasteiger partial charge is 0.224 e. The van der Waals surface area contributed by atoms with Gasteiger partial charge in [-0.1, -0.05) is 29.8 Å². The topological polar surface area (TPSA) is 73.2 Å². The highest BCUT2D eigenvalue weighted by Crippen LogP contribution is 2.16. The highest BCUT2D eigenvalue weighted by Gasteiger charge is 2.12. The molecule has 2 amide bonds. The Morgan fingerprint density at radius 3 is 2.56 bits per heavy atom. The largest absolute Gasteiger partial charge is 0.354 e. The Morgan fingerprint density at radius 2 is 1.92 bits per heavy atom. The maximum Gasteiger partial charge on any atom is 0.224 e. The summed E-state index contributed by atoms with van der Waals surface area (Å²) in [5, 5.41) is 12.4. The van der Waals surface area contributed by atoms with Crippen LogP contribution in [0.25, 0.3) is 0 Å². The Hall–Kier alpha value is -2.84. The van der Waals surface area contributed by atoms with E-state index in [0.717, 1.165) is 5.56 Å². The van der Waals surface area contributed by atoms with Crippen molar-refractivity contribution >= 4 is 29.1 Å². The lowest BCUT2D eigenvalue weighted by molar-refractivity contribution is -0.121. The highest BCUT2D eigenvalue weighted by molar-refractivity contribution is 6.30. The van der Waals surface area contributed by atoms with Gasteiger partial charge >= 0.3 is 0 Å². The molecule has 0 atom stereocenters. The van der Waals surface area contributed by atoms with Crippen LogP contribution in [-0.4, -0.2) is 24.9 Å². The molecular formula is C19H18ClN3O2. The molecule has 0 radical (unpaired) electrons. The van der Waals surface area contributed by atoms with Gasteiger partial charge in [-0.3, -0.25) is 9.59 Å². The molecule has 1 N–H and O–H groups in total. The second kappa shape index (κ2) is 8.86. The minimum Gasteiger partial charge on any atom is -0.354 e. The van der Waals surface area contributed by atoms with E-state index in [-0.39, 0.29) is 18.2 Å². The van der Waals surface area contributed by atoms with E-state index >= 15 is 0 Å². The lowest BCUT2D eigenvalue weighted by atomic mass is 10.1. The molecule has 0 heterocycles. The van der Waals surface area contributed by atoms with Crippen LogP contribution < -0.4 is 10.2 Å². The van der Waals surface area contributed by atoms with E-state index in [1.54, 1.807) is 48.5 Å². The van der Waals surface area contributed by atoms with E-state index in [2.05, 4.69) is 5.32 Å². The van der Waals surface area contributed by atoms with E-state index < -0.39 is 0 Å². The van der Waals surface area contributed by atoms with Crippen molar-refractivity contribution in [3.63, 3.8) is 0 Å². The third-order valence-electron chi connectivity index (χ3n) is 3.60. The van der Waals surface area contributed by atoms with Crippen LogP contribution in [0.3, 0.4) is 0 Å². The van der Waals surface area contributed by atoms with E-state index in [0.29, 0.717) is 29.4 Å². The van der Waals surface area contributed by atoms with Gasteiger partial charge in [0.05, 0.1) is 18.1 Å². The van der Waals surface area contributed by atoms with Gasteiger partial charge in [-0.2, -0.15) is 5.26 Å². The van der Waals surface area contributed by atoms with Crippen molar-refractivity contribution in [2.24, 2.45) is 0 Å². The number of nitrogens with zero attached hydrogens (tertiary/aromatic N) is 2. The number of nitriles is 1. The predicted octanol–water partition coefficient (Wildman–Crippen LogP) is 2.92. The third kappa shape index (κ3) is 5.63.